The first-order valence-corrected chi connectivity index (χ1v) is 6.36. The van der Waals surface area contributed by atoms with Crippen molar-refractivity contribution in [1.82, 2.24) is 9.78 Å². The molecule has 0 spiro atoms. The summed E-state index contributed by atoms with van der Waals surface area (Å²) in [6, 6.07) is 13.3. The molecule has 0 aliphatic rings. The number of carbonyl (C=O) groups is 1. The summed E-state index contributed by atoms with van der Waals surface area (Å²) in [5, 5.41) is 15.3. The highest BCUT2D eigenvalue weighted by molar-refractivity contribution is 5.97. The van der Waals surface area contributed by atoms with E-state index in [4.69, 9.17) is 0 Å². The van der Waals surface area contributed by atoms with Crippen LogP contribution in [0.4, 0.5) is 0 Å². The summed E-state index contributed by atoms with van der Waals surface area (Å²) in [5.41, 5.74) is 0.114. The van der Waals surface area contributed by atoms with Gasteiger partial charge < -0.3 is 5.11 Å². The average Bonchev–Trinajstić information content (AvgIpc) is 2.49. The summed E-state index contributed by atoms with van der Waals surface area (Å²) in [6.07, 6.45) is 1.41. The monoisotopic (exact) mass is 280 g/mol. The van der Waals surface area contributed by atoms with Gasteiger partial charge in [0, 0.05) is 12.6 Å². The van der Waals surface area contributed by atoms with Gasteiger partial charge in [-0.1, -0.05) is 36.4 Å². The van der Waals surface area contributed by atoms with Gasteiger partial charge in [0.25, 0.3) is 5.56 Å². The highest BCUT2D eigenvalue weighted by Crippen LogP contribution is 2.25. The summed E-state index contributed by atoms with van der Waals surface area (Å²) >= 11 is 0. The maximum atomic E-state index is 12.0. The van der Waals surface area contributed by atoms with E-state index in [2.05, 4.69) is 5.10 Å². The molecule has 5 nitrogen and oxygen atoms in total. The Balaban J connectivity index is 2.30. The van der Waals surface area contributed by atoms with Crippen molar-refractivity contribution >= 4 is 16.7 Å². The van der Waals surface area contributed by atoms with Crippen LogP contribution in [0.1, 0.15) is 10.4 Å². The smallest absolute Gasteiger partial charge is 0.342 e. The minimum Gasteiger partial charge on any atom is -0.477 e. The summed E-state index contributed by atoms with van der Waals surface area (Å²) in [7, 11) is 1.43. The van der Waals surface area contributed by atoms with Gasteiger partial charge in [-0.3, -0.25) is 4.79 Å². The Labute approximate surface area is 120 Å². The number of carboxylic acid groups (broad SMARTS) is 1. The number of aryl methyl sites for hydroxylation is 1. The predicted octanol–water partition coefficient (Wildman–Crippen LogP) is 2.30. The second-order valence-electron chi connectivity index (χ2n) is 4.73. The fraction of sp³-hybridized carbons (Fsp3) is 0.0625. The molecule has 1 N–H and O–H groups in total. The van der Waals surface area contributed by atoms with Crippen LogP contribution in [0.15, 0.2) is 53.5 Å². The molecule has 0 unspecified atom stereocenters. The van der Waals surface area contributed by atoms with Crippen molar-refractivity contribution in [1.29, 1.82) is 0 Å². The van der Waals surface area contributed by atoms with Crippen LogP contribution in [0.25, 0.3) is 21.9 Å². The van der Waals surface area contributed by atoms with Crippen LogP contribution in [-0.4, -0.2) is 20.9 Å². The quantitative estimate of drug-likeness (QED) is 0.781. The first kappa shape index (κ1) is 13.1. The molecule has 5 heteroatoms. The van der Waals surface area contributed by atoms with Crippen molar-refractivity contribution in [3.63, 3.8) is 0 Å². The lowest BCUT2D eigenvalue weighted by Crippen LogP contribution is -2.27. The molecule has 3 aromatic rings. The first-order chi connectivity index (χ1) is 10.1. The van der Waals surface area contributed by atoms with E-state index >= 15 is 0 Å². The molecule has 0 aliphatic carbocycles. The van der Waals surface area contributed by atoms with Crippen molar-refractivity contribution in [2.24, 2.45) is 7.05 Å². The molecule has 0 saturated heterocycles. The molecule has 2 aromatic carbocycles. The van der Waals surface area contributed by atoms with E-state index in [0.29, 0.717) is 11.1 Å². The molecule has 0 saturated carbocycles. The van der Waals surface area contributed by atoms with Crippen LogP contribution in [0.5, 0.6) is 0 Å². The molecule has 0 fully saturated rings. The van der Waals surface area contributed by atoms with E-state index < -0.39 is 11.5 Å². The van der Waals surface area contributed by atoms with Crippen LogP contribution in [-0.2, 0) is 7.05 Å². The Morgan fingerprint density at radius 2 is 1.86 bits per heavy atom. The highest BCUT2D eigenvalue weighted by atomic mass is 16.4. The van der Waals surface area contributed by atoms with Gasteiger partial charge in [0.2, 0.25) is 0 Å². The zero-order chi connectivity index (χ0) is 15.0. The van der Waals surface area contributed by atoms with Crippen LogP contribution in [0, 0.1) is 0 Å². The molecule has 1 aromatic heterocycles. The fourth-order valence-electron chi connectivity index (χ4n) is 2.32. The Morgan fingerprint density at radius 3 is 2.57 bits per heavy atom. The van der Waals surface area contributed by atoms with Gasteiger partial charge in [-0.15, -0.1) is 0 Å². The number of benzene rings is 2. The lowest BCUT2D eigenvalue weighted by molar-refractivity contribution is 0.0694. The van der Waals surface area contributed by atoms with Crippen LogP contribution in [0.3, 0.4) is 0 Å². The minimum atomic E-state index is -1.25. The molecule has 0 amide bonds. The summed E-state index contributed by atoms with van der Waals surface area (Å²) in [6.45, 7) is 0. The van der Waals surface area contributed by atoms with E-state index in [0.717, 1.165) is 15.5 Å². The summed E-state index contributed by atoms with van der Waals surface area (Å²) in [5.74, 6) is -1.25. The standard InChI is InChI=1S/C16H12N2O3/c1-18-15(19)14(16(20)21)13(9-17-18)12-7-6-10-4-2-3-5-11(10)8-12/h2-9H,1H3,(H,20,21). The van der Waals surface area contributed by atoms with Crippen molar-refractivity contribution in [2.75, 3.05) is 0 Å². The molecule has 0 aliphatic heterocycles. The van der Waals surface area contributed by atoms with E-state index in [1.807, 2.05) is 36.4 Å². The zero-order valence-electron chi connectivity index (χ0n) is 11.3. The number of nitrogens with zero attached hydrogens (tertiary/aromatic N) is 2. The fourth-order valence-corrected chi connectivity index (χ4v) is 2.32. The lowest BCUT2D eigenvalue weighted by Gasteiger charge is -2.08. The molecule has 1 heterocycles. The van der Waals surface area contributed by atoms with Crippen molar-refractivity contribution in [3.8, 4) is 11.1 Å². The second-order valence-corrected chi connectivity index (χ2v) is 4.73. The van der Waals surface area contributed by atoms with Crippen molar-refractivity contribution in [3.05, 3.63) is 64.6 Å². The molecule has 0 bridgehead atoms. The van der Waals surface area contributed by atoms with Gasteiger partial charge in [-0.25, -0.2) is 9.48 Å². The Morgan fingerprint density at radius 1 is 1.14 bits per heavy atom. The molecule has 0 radical (unpaired) electrons. The number of hydrogen-bond acceptors (Lipinski definition) is 3. The number of rotatable bonds is 2. The molecule has 0 atom stereocenters. The summed E-state index contributed by atoms with van der Waals surface area (Å²) < 4.78 is 1.02. The van der Waals surface area contributed by atoms with Gasteiger partial charge in [0.15, 0.2) is 0 Å². The van der Waals surface area contributed by atoms with Crippen LogP contribution < -0.4 is 5.56 Å². The van der Waals surface area contributed by atoms with E-state index in [1.165, 1.54) is 13.2 Å². The van der Waals surface area contributed by atoms with E-state index in [-0.39, 0.29) is 5.56 Å². The topological polar surface area (TPSA) is 72.2 Å². The normalized spacial score (nSPS) is 10.7. The zero-order valence-corrected chi connectivity index (χ0v) is 11.3. The SMILES string of the molecule is Cn1ncc(-c2ccc3ccccc3c2)c(C(=O)O)c1=O. The molecule has 21 heavy (non-hydrogen) atoms. The number of aromatic carboxylic acids is 1. The maximum absolute atomic E-state index is 12.0. The number of hydrogen-bond donors (Lipinski definition) is 1. The van der Waals surface area contributed by atoms with Crippen LogP contribution >= 0.6 is 0 Å². The molecule has 3 rings (SSSR count). The second kappa shape index (κ2) is 4.86. The van der Waals surface area contributed by atoms with Crippen molar-refractivity contribution in [2.45, 2.75) is 0 Å². The Hall–Kier alpha value is -2.95. The van der Waals surface area contributed by atoms with Gasteiger partial charge in [0.05, 0.1) is 6.20 Å². The molecular weight excluding hydrogens is 268 g/mol. The number of carboxylic acids is 1. The van der Waals surface area contributed by atoms with Gasteiger partial charge >= 0.3 is 5.97 Å². The Kier molecular flexibility index (Phi) is 3.02. The van der Waals surface area contributed by atoms with Crippen molar-refractivity contribution < 1.29 is 9.90 Å². The number of fused-ring (bicyclic) bond motifs is 1. The van der Waals surface area contributed by atoms with E-state index in [9.17, 15) is 14.7 Å². The highest BCUT2D eigenvalue weighted by Gasteiger charge is 2.18. The molecule has 104 valence electrons. The molecular formula is C16H12N2O3. The third-order valence-corrected chi connectivity index (χ3v) is 3.41. The summed E-state index contributed by atoms with van der Waals surface area (Å²) in [4.78, 5) is 23.4. The predicted molar refractivity (Wildman–Crippen MR) is 79.4 cm³/mol. The minimum absolute atomic E-state index is 0.261. The van der Waals surface area contributed by atoms with Gasteiger partial charge in [0.1, 0.15) is 5.56 Å². The van der Waals surface area contributed by atoms with E-state index in [1.54, 1.807) is 6.07 Å². The maximum Gasteiger partial charge on any atom is 0.342 e. The lowest BCUT2D eigenvalue weighted by atomic mass is 9.99. The number of aromatic nitrogens is 2. The van der Waals surface area contributed by atoms with Crippen LogP contribution in [0.2, 0.25) is 0 Å². The third kappa shape index (κ3) is 2.18. The Bertz CT molecular complexity index is 913. The third-order valence-electron chi connectivity index (χ3n) is 3.41. The van der Waals surface area contributed by atoms with Gasteiger partial charge in [-0.05, 0) is 22.4 Å². The average molecular weight is 280 g/mol. The van der Waals surface area contributed by atoms with Gasteiger partial charge in [-0.2, -0.15) is 5.10 Å². The largest absolute Gasteiger partial charge is 0.477 e. The first-order valence-electron chi connectivity index (χ1n) is 6.36.